The van der Waals surface area contributed by atoms with Crippen LogP contribution in [0.15, 0.2) is 11.6 Å². The first-order valence-corrected chi connectivity index (χ1v) is 5.30. The van der Waals surface area contributed by atoms with Gasteiger partial charge >= 0.3 is 0 Å². The second-order valence-electron chi connectivity index (χ2n) is 4.63. The lowest BCUT2D eigenvalue weighted by atomic mass is 9.60. The summed E-state index contributed by atoms with van der Waals surface area (Å²) in [5, 5.41) is 9.10. The van der Waals surface area contributed by atoms with Gasteiger partial charge in [-0.05, 0) is 31.8 Å². The lowest BCUT2D eigenvalue weighted by molar-refractivity contribution is -0.116. The van der Waals surface area contributed by atoms with Crippen molar-refractivity contribution in [2.24, 2.45) is 11.3 Å². The summed E-state index contributed by atoms with van der Waals surface area (Å²) in [7, 11) is 0. The number of allylic oxidation sites excluding steroid dienone is 2. The molecule has 0 aromatic carbocycles. The summed E-state index contributed by atoms with van der Waals surface area (Å²) in [6.07, 6.45) is 6.37. The maximum atomic E-state index is 11.3. The van der Waals surface area contributed by atoms with Crippen molar-refractivity contribution in [2.45, 2.75) is 39.0 Å². The number of hydrogen-bond acceptors (Lipinski definition) is 2. The highest BCUT2D eigenvalue weighted by molar-refractivity contribution is 5.91. The zero-order chi connectivity index (χ0) is 10.2. The normalized spacial score (nSPS) is 37.0. The second-order valence-corrected chi connectivity index (χ2v) is 4.63. The minimum Gasteiger partial charge on any atom is -0.295 e. The van der Waals surface area contributed by atoms with Crippen LogP contribution in [0.25, 0.3) is 0 Å². The zero-order valence-corrected chi connectivity index (χ0v) is 8.55. The topological polar surface area (TPSA) is 40.9 Å². The number of carbonyl (C=O) groups excluding carboxylic acids is 1. The molecule has 1 fully saturated rings. The van der Waals surface area contributed by atoms with Crippen LogP contribution in [0.3, 0.4) is 0 Å². The van der Waals surface area contributed by atoms with Crippen LogP contribution in [-0.2, 0) is 4.79 Å². The second kappa shape index (κ2) is 3.24. The number of ketones is 1. The molecule has 0 aliphatic heterocycles. The summed E-state index contributed by atoms with van der Waals surface area (Å²) >= 11 is 0. The van der Waals surface area contributed by atoms with Gasteiger partial charge in [-0.25, -0.2) is 0 Å². The lowest BCUT2D eigenvalue weighted by Crippen LogP contribution is -2.35. The summed E-state index contributed by atoms with van der Waals surface area (Å²) < 4.78 is 0. The standard InChI is InChI=1S/C12H15NO/c1-12-6-5-11(14)7-9(12)3-2-4-10(12)8-13/h7,10H,2-6H2,1H3/t10-,12-/m0/s1. The number of fused-ring (bicyclic) bond motifs is 1. The molecule has 0 heterocycles. The van der Waals surface area contributed by atoms with Crippen LogP contribution in [0.5, 0.6) is 0 Å². The van der Waals surface area contributed by atoms with Crippen LogP contribution < -0.4 is 0 Å². The molecular formula is C12H15NO. The van der Waals surface area contributed by atoms with Crippen molar-refractivity contribution in [2.75, 3.05) is 0 Å². The minimum absolute atomic E-state index is 0.000903. The Morgan fingerprint density at radius 1 is 1.57 bits per heavy atom. The molecule has 2 atom stereocenters. The van der Waals surface area contributed by atoms with Gasteiger partial charge in [-0.15, -0.1) is 0 Å². The number of nitrogens with zero attached hydrogens (tertiary/aromatic N) is 1. The number of rotatable bonds is 0. The molecule has 14 heavy (non-hydrogen) atoms. The molecule has 0 aromatic heterocycles. The predicted molar refractivity (Wildman–Crippen MR) is 53.4 cm³/mol. The fraction of sp³-hybridized carbons (Fsp3) is 0.667. The maximum absolute atomic E-state index is 11.3. The molecule has 2 rings (SSSR count). The van der Waals surface area contributed by atoms with E-state index in [4.69, 9.17) is 5.26 Å². The summed E-state index contributed by atoms with van der Waals surface area (Å²) in [6.45, 7) is 2.15. The third kappa shape index (κ3) is 1.28. The highest BCUT2D eigenvalue weighted by Crippen LogP contribution is 2.49. The van der Waals surface area contributed by atoms with Gasteiger partial charge in [0.25, 0.3) is 0 Å². The molecule has 1 saturated carbocycles. The van der Waals surface area contributed by atoms with Crippen LogP contribution in [-0.4, -0.2) is 5.78 Å². The molecule has 2 aliphatic carbocycles. The molecule has 2 heteroatoms. The first-order valence-electron chi connectivity index (χ1n) is 5.30. The Balaban J connectivity index is 2.37. The molecule has 0 unspecified atom stereocenters. The Morgan fingerprint density at radius 3 is 3.07 bits per heavy atom. The van der Waals surface area contributed by atoms with E-state index in [0.717, 1.165) is 25.7 Å². The molecule has 0 bridgehead atoms. The fourth-order valence-electron chi connectivity index (χ4n) is 2.75. The largest absolute Gasteiger partial charge is 0.295 e. The van der Waals surface area contributed by atoms with Crippen LogP contribution in [0.1, 0.15) is 39.0 Å². The van der Waals surface area contributed by atoms with Crippen molar-refractivity contribution in [3.63, 3.8) is 0 Å². The van der Waals surface area contributed by atoms with Crippen molar-refractivity contribution < 1.29 is 4.79 Å². The molecule has 2 aliphatic rings. The number of carbonyl (C=O) groups is 1. The minimum atomic E-state index is 0.000903. The average molecular weight is 189 g/mol. The maximum Gasteiger partial charge on any atom is 0.155 e. The van der Waals surface area contributed by atoms with Crippen LogP contribution in [0.4, 0.5) is 0 Å². The third-order valence-electron chi connectivity index (χ3n) is 3.82. The van der Waals surface area contributed by atoms with E-state index in [-0.39, 0.29) is 17.1 Å². The number of hydrogen-bond donors (Lipinski definition) is 0. The van der Waals surface area contributed by atoms with Gasteiger partial charge in [-0.1, -0.05) is 12.5 Å². The van der Waals surface area contributed by atoms with Gasteiger partial charge in [-0.2, -0.15) is 5.26 Å². The Morgan fingerprint density at radius 2 is 2.36 bits per heavy atom. The molecule has 0 N–H and O–H groups in total. The van der Waals surface area contributed by atoms with E-state index in [0.29, 0.717) is 6.42 Å². The van der Waals surface area contributed by atoms with E-state index >= 15 is 0 Å². The number of nitriles is 1. The highest BCUT2D eigenvalue weighted by atomic mass is 16.1. The summed E-state index contributed by atoms with van der Waals surface area (Å²) in [4.78, 5) is 11.3. The van der Waals surface area contributed by atoms with Crippen molar-refractivity contribution in [3.8, 4) is 6.07 Å². The quantitative estimate of drug-likeness (QED) is 0.587. The molecule has 0 amide bonds. The fourth-order valence-corrected chi connectivity index (χ4v) is 2.75. The van der Waals surface area contributed by atoms with Crippen molar-refractivity contribution in [1.82, 2.24) is 0 Å². The van der Waals surface area contributed by atoms with E-state index in [9.17, 15) is 4.79 Å². The molecule has 0 radical (unpaired) electrons. The van der Waals surface area contributed by atoms with Crippen molar-refractivity contribution >= 4 is 5.78 Å². The van der Waals surface area contributed by atoms with Crippen LogP contribution in [0.2, 0.25) is 0 Å². The van der Waals surface area contributed by atoms with E-state index in [2.05, 4.69) is 13.0 Å². The van der Waals surface area contributed by atoms with Gasteiger partial charge in [0.1, 0.15) is 0 Å². The molecule has 0 aromatic rings. The van der Waals surface area contributed by atoms with Crippen molar-refractivity contribution in [3.05, 3.63) is 11.6 Å². The predicted octanol–water partition coefficient (Wildman–Crippen LogP) is 2.61. The summed E-state index contributed by atoms with van der Waals surface area (Å²) in [6, 6.07) is 2.41. The smallest absolute Gasteiger partial charge is 0.155 e. The molecular weight excluding hydrogens is 174 g/mol. The van der Waals surface area contributed by atoms with Gasteiger partial charge < -0.3 is 0 Å². The lowest BCUT2D eigenvalue weighted by Gasteiger charge is -2.42. The van der Waals surface area contributed by atoms with Gasteiger partial charge in [0.15, 0.2) is 5.78 Å². The highest BCUT2D eigenvalue weighted by Gasteiger charge is 2.42. The van der Waals surface area contributed by atoms with E-state index in [1.165, 1.54) is 5.57 Å². The molecule has 2 nitrogen and oxygen atoms in total. The summed E-state index contributed by atoms with van der Waals surface area (Å²) in [5.41, 5.74) is 1.23. The zero-order valence-electron chi connectivity index (χ0n) is 8.55. The van der Waals surface area contributed by atoms with Gasteiger partial charge in [-0.3, -0.25) is 4.79 Å². The Hall–Kier alpha value is -1.10. The van der Waals surface area contributed by atoms with Gasteiger partial charge in [0, 0.05) is 11.8 Å². The SMILES string of the molecule is C[C@]12CCC(=O)C=C1CCC[C@H]2C#N. The molecule has 0 spiro atoms. The molecule has 74 valence electrons. The Kier molecular flexibility index (Phi) is 2.19. The van der Waals surface area contributed by atoms with E-state index in [1.54, 1.807) is 6.08 Å². The average Bonchev–Trinajstić information content (AvgIpc) is 2.18. The van der Waals surface area contributed by atoms with Crippen LogP contribution in [0, 0.1) is 22.7 Å². The monoisotopic (exact) mass is 189 g/mol. The van der Waals surface area contributed by atoms with Gasteiger partial charge in [0.05, 0.1) is 12.0 Å². The van der Waals surface area contributed by atoms with E-state index < -0.39 is 0 Å². The van der Waals surface area contributed by atoms with Crippen LogP contribution >= 0.6 is 0 Å². The summed E-state index contributed by atoms with van der Waals surface area (Å²) in [5.74, 6) is 0.367. The van der Waals surface area contributed by atoms with Gasteiger partial charge in [0.2, 0.25) is 0 Å². The first-order chi connectivity index (χ1) is 6.66. The Labute approximate surface area is 84.6 Å². The molecule has 0 saturated heterocycles. The Bertz CT molecular complexity index is 337. The van der Waals surface area contributed by atoms with E-state index in [1.807, 2.05) is 0 Å². The van der Waals surface area contributed by atoms with Crippen molar-refractivity contribution in [1.29, 1.82) is 5.26 Å². The third-order valence-corrected chi connectivity index (χ3v) is 3.82. The first kappa shape index (κ1) is 9.45.